The van der Waals surface area contributed by atoms with Gasteiger partial charge in [0, 0.05) is 55.9 Å². The van der Waals surface area contributed by atoms with Crippen molar-refractivity contribution in [3.05, 3.63) is 89.6 Å². The molecule has 6 rings (SSSR count). The molecule has 0 radical (unpaired) electrons. The monoisotopic (exact) mass is 739 g/mol. The summed E-state index contributed by atoms with van der Waals surface area (Å²) in [5.74, 6) is -0.102. The molecule has 288 valence electrons. The van der Waals surface area contributed by atoms with Gasteiger partial charge in [-0.2, -0.15) is 0 Å². The number of hydrogen-bond donors (Lipinski definition) is 3. The molecule has 0 spiro atoms. The summed E-state index contributed by atoms with van der Waals surface area (Å²) in [6, 6.07) is 21.3. The van der Waals surface area contributed by atoms with Gasteiger partial charge in [0.1, 0.15) is 5.75 Å². The topological polar surface area (TPSA) is 142 Å². The Morgan fingerprint density at radius 1 is 0.889 bits per heavy atom. The molecule has 12 heteroatoms. The van der Waals surface area contributed by atoms with E-state index in [4.69, 9.17) is 14.2 Å². The molecule has 4 amide bonds. The van der Waals surface area contributed by atoms with E-state index in [1.807, 2.05) is 38.2 Å². The van der Waals surface area contributed by atoms with E-state index in [2.05, 4.69) is 52.9 Å². The third-order valence-corrected chi connectivity index (χ3v) is 10.0. The Kier molecular flexibility index (Phi) is 13.6. The highest BCUT2D eigenvalue weighted by Gasteiger charge is 2.48. The third kappa shape index (κ3) is 9.71. The number of nitrogens with zero attached hydrogens (tertiary/aromatic N) is 2. The second-order valence-electron chi connectivity index (χ2n) is 14.1. The number of likely N-dealkylation sites (tertiary alicyclic amines) is 2. The molecule has 3 unspecified atom stereocenters. The number of likely N-dealkylation sites (N-methyl/N-ethyl adjacent to an activating group) is 1. The Labute approximate surface area is 317 Å². The molecule has 3 N–H and O–H groups in total. The van der Waals surface area contributed by atoms with Gasteiger partial charge < -0.3 is 39.6 Å². The second kappa shape index (κ2) is 18.5. The number of aryl methyl sites for hydroxylation is 1. The molecule has 1 aromatic heterocycles. The molecule has 54 heavy (non-hydrogen) atoms. The van der Waals surface area contributed by atoms with Gasteiger partial charge in [0.15, 0.2) is 11.5 Å². The molecule has 4 aromatic rings. The van der Waals surface area contributed by atoms with Crippen molar-refractivity contribution in [3.8, 4) is 17.2 Å². The van der Waals surface area contributed by atoms with Gasteiger partial charge in [-0.1, -0.05) is 43.7 Å². The predicted octanol–water partition coefficient (Wildman–Crippen LogP) is 4.86. The summed E-state index contributed by atoms with van der Waals surface area (Å²) in [6.07, 6.45) is 4.36. The first kappa shape index (κ1) is 39.7. The summed E-state index contributed by atoms with van der Waals surface area (Å²) >= 11 is 0. The van der Waals surface area contributed by atoms with Gasteiger partial charge >= 0.3 is 0 Å². The van der Waals surface area contributed by atoms with Crippen molar-refractivity contribution in [2.45, 2.75) is 46.1 Å². The minimum Gasteiger partial charge on any atom is -0.497 e. The molecule has 0 aliphatic carbocycles. The highest BCUT2D eigenvalue weighted by Crippen LogP contribution is 2.37. The van der Waals surface area contributed by atoms with E-state index in [1.54, 1.807) is 35.1 Å². The zero-order valence-corrected chi connectivity index (χ0v) is 32.1. The van der Waals surface area contributed by atoms with Gasteiger partial charge in [0.2, 0.25) is 17.7 Å². The number of nitrogens with one attached hydrogen (secondary N) is 3. The van der Waals surface area contributed by atoms with Crippen molar-refractivity contribution >= 4 is 34.5 Å². The van der Waals surface area contributed by atoms with Crippen LogP contribution in [0.3, 0.4) is 0 Å². The fourth-order valence-corrected chi connectivity index (χ4v) is 7.28. The van der Waals surface area contributed by atoms with E-state index in [1.165, 1.54) is 32.6 Å². The molecule has 2 aliphatic heterocycles. The van der Waals surface area contributed by atoms with Crippen LogP contribution in [0.15, 0.2) is 72.9 Å². The maximum absolute atomic E-state index is 13.7. The number of piperidine rings is 1. The number of H-pyrrole nitrogens is 1. The molecule has 12 nitrogen and oxygen atoms in total. The molecule has 3 heterocycles. The van der Waals surface area contributed by atoms with Crippen LogP contribution in [0.4, 0.5) is 0 Å². The van der Waals surface area contributed by atoms with E-state index in [9.17, 15) is 19.2 Å². The van der Waals surface area contributed by atoms with Crippen LogP contribution in [0.1, 0.15) is 48.7 Å². The molecule has 0 bridgehead atoms. The van der Waals surface area contributed by atoms with E-state index in [0.29, 0.717) is 42.4 Å². The zero-order chi connectivity index (χ0) is 38.8. The number of aromatic amines is 1. The predicted molar refractivity (Wildman–Crippen MR) is 208 cm³/mol. The Morgan fingerprint density at radius 2 is 1.65 bits per heavy atom. The van der Waals surface area contributed by atoms with Crippen LogP contribution >= 0.6 is 0 Å². The first-order valence-corrected chi connectivity index (χ1v) is 18.6. The van der Waals surface area contributed by atoms with Crippen LogP contribution in [0.5, 0.6) is 17.2 Å². The molecule has 2 fully saturated rings. The fourth-order valence-electron chi connectivity index (χ4n) is 7.28. The molecular weight excluding hydrogens is 686 g/mol. The summed E-state index contributed by atoms with van der Waals surface area (Å²) in [6.45, 7) is 7.23. The quantitative estimate of drug-likeness (QED) is 0.188. The van der Waals surface area contributed by atoms with Gasteiger partial charge in [-0.05, 0) is 79.6 Å². The van der Waals surface area contributed by atoms with Crippen molar-refractivity contribution in [1.82, 2.24) is 25.4 Å². The highest BCUT2D eigenvalue weighted by molar-refractivity contribution is 5.95. The average Bonchev–Trinajstić information content (AvgIpc) is 3.80. The normalized spacial score (nSPS) is 17.6. The summed E-state index contributed by atoms with van der Waals surface area (Å²) in [7, 11) is 4.63. The van der Waals surface area contributed by atoms with Crippen LogP contribution in [-0.2, 0) is 27.2 Å². The Bertz CT molecular complexity index is 1910. The number of rotatable bonds is 12. The number of carbonyl (C=O) groups excluding carboxylic acids is 4. The average molecular weight is 740 g/mol. The van der Waals surface area contributed by atoms with Gasteiger partial charge in [0.05, 0.1) is 39.2 Å². The minimum atomic E-state index is -0.588. The summed E-state index contributed by atoms with van der Waals surface area (Å²) in [5, 5.41) is 6.13. The second-order valence-corrected chi connectivity index (χ2v) is 14.1. The fraction of sp³-hybridized carbons (Fsp3) is 0.429. The van der Waals surface area contributed by atoms with Crippen LogP contribution in [0, 0.1) is 17.8 Å². The SMILES string of the molecule is CCCc1ccccc1.CNC(=O)CNC(=O)C1CN(C(=O)Cc2c[nH]c3ccc(OC)cc23)CC2CN(C(=O)c3ccc(OC(C)C)c(OC)c3)CC21. The highest BCUT2D eigenvalue weighted by atomic mass is 16.5. The lowest BCUT2D eigenvalue weighted by Gasteiger charge is -2.39. The lowest BCUT2D eigenvalue weighted by atomic mass is 9.79. The number of hydrogen-bond acceptors (Lipinski definition) is 7. The number of aromatic nitrogens is 1. The zero-order valence-electron chi connectivity index (χ0n) is 32.1. The lowest BCUT2D eigenvalue weighted by molar-refractivity contribution is -0.139. The number of ether oxygens (including phenoxy) is 3. The lowest BCUT2D eigenvalue weighted by Crippen LogP contribution is -2.54. The number of benzene rings is 3. The largest absolute Gasteiger partial charge is 0.497 e. The van der Waals surface area contributed by atoms with E-state index in [-0.39, 0.29) is 61.1 Å². The molecule has 0 saturated carbocycles. The van der Waals surface area contributed by atoms with Crippen LogP contribution in [-0.4, -0.2) is 98.5 Å². The molecule has 3 aromatic carbocycles. The Morgan fingerprint density at radius 3 is 2.33 bits per heavy atom. The van der Waals surface area contributed by atoms with Gasteiger partial charge in [-0.15, -0.1) is 0 Å². The van der Waals surface area contributed by atoms with Crippen molar-refractivity contribution in [2.75, 3.05) is 54.0 Å². The summed E-state index contributed by atoms with van der Waals surface area (Å²) in [5.41, 5.74) is 3.62. The first-order valence-electron chi connectivity index (χ1n) is 18.6. The van der Waals surface area contributed by atoms with E-state index < -0.39 is 5.92 Å². The van der Waals surface area contributed by atoms with Gasteiger partial charge in [0.25, 0.3) is 5.91 Å². The molecule has 2 saturated heterocycles. The molecule has 3 atom stereocenters. The smallest absolute Gasteiger partial charge is 0.254 e. The van der Waals surface area contributed by atoms with Crippen LogP contribution < -0.4 is 24.8 Å². The van der Waals surface area contributed by atoms with E-state index in [0.717, 1.165) is 16.5 Å². The number of fused-ring (bicyclic) bond motifs is 2. The van der Waals surface area contributed by atoms with Crippen LogP contribution in [0.25, 0.3) is 10.9 Å². The van der Waals surface area contributed by atoms with E-state index >= 15 is 0 Å². The maximum Gasteiger partial charge on any atom is 0.254 e. The number of carbonyl (C=O) groups is 4. The maximum atomic E-state index is 13.7. The van der Waals surface area contributed by atoms with Crippen molar-refractivity contribution in [2.24, 2.45) is 17.8 Å². The van der Waals surface area contributed by atoms with Gasteiger partial charge in [-0.25, -0.2) is 0 Å². The molecule has 2 aliphatic rings. The Hall–Kier alpha value is -5.52. The minimum absolute atomic E-state index is 0.0573. The van der Waals surface area contributed by atoms with Crippen molar-refractivity contribution < 1.29 is 33.4 Å². The summed E-state index contributed by atoms with van der Waals surface area (Å²) in [4.78, 5) is 59.5. The standard InChI is InChI=1S/C33H41N5O7.C9H12/c1-19(2)45-28-9-6-20(10-29(28)44-5)33(42)38-16-22-15-37(18-26(25(22)17-38)32(41)36-14-30(39)34-3)31(40)11-21-13-35-27-8-7-23(43-4)12-24(21)27;1-2-6-9-7-4-3-5-8-9/h6-10,12-13,19,22,25-26,35H,11,14-18H2,1-5H3,(H,34,39)(H,36,41);3-5,7-8H,2,6H2,1H3. The first-order chi connectivity index (χ1) is 26.0. The molecular formula is C42H53N5O7. The van der Waals surface area contributed by atoms with Crippen LogP contribution in [0.2, 0.25) is 0 Å². The van der Waals surface area contributed by atoms with Gasteiger partial charge in [-0.3, -0.25) is 19.2 Å². The van der Waals surface area contributed by atoms with Crippen molar-refractivity contribution in [3.63, 3.8) is 0 Å². The van der Waals surface area contributed by atoms with Crippen molar-refractivity contribution in [1.29, 1.82) is 0 Å². The number of methoxy groups -OCH3 is 2. The Balaban J connectivity index is 0.000000546. The number of amides is 4. The summed E-state index contributed by atoms with van der Waals surface area (Å²) < 4.78 is 16.7. The third-order valence-electron chi connectivity index (χ3n) is 10.0.